The molecule has 0 spiro atoms. The molecule has 0 amide bonds. The van der Waals surface area contributed by atoms with Gasteiger partial charge in [-0.05, 0) is 54.4 Å². The van der Waals surface area contributed by atoms with E-state index in [1.165, 1.54) is 14.2 Å². The largest absolute Gasteiger partial charge is 0.508 e. The van der Waals surface area contributed by atoms with Crippen molar-refractivity contribution >= 4 is 24.2 Å². The predicted molar refractivity (Wildman–Crippen MR) is 140 cm³/mol. The third-order valence-electron chi connectivity index (χ3n) is 4.94. The van der Waals surface area contributed by atoms with Crippen molar-refractivity contribution in [2.24, 2.45) is 0 Å². The number of methoxy groups -OCH3 is 2. The van der Waals surface area contributed by atoms with E-state index in [2.05, 4.69) is 9.47 Å². The van der Waals surface area contributed by atoms with Crippen LogP contribution in [0.15, 0.2) is 0 Å². The van der Waals surface area contributed by atoms with Crippen LogP contribution in [0.4, 0.5) is 9.59 Å². The quantitative estimate of drug-likeness (QED) is 0.173. The molecule has 0 fully saturated rings. The van der Waals surface area contributed by atoms with Crippen LogP contribution in [-0.2, 0) is 113 Å². The first kappa shape index (κ1) is 48.4. The molecule has 0 aliphatic carbocycles. The fourth-order valence-electron chi connectivity index (χ4n) is 2.59. The van der Waals surface area contributed by atoms with Gasteiger partial charge in [-0.25, -0.2) is 19.2 Å². The Kier molecular flexibility index (Phi) is 29.8. The molecule has 16 heteroatoms. The van der Waals surface area contributed by atoms with Crippen molar-refractivity contribution in [2.75, 3.05) is 40.6 Å². The number of aliphatic hydroxyl groups is 2. The average molecular weight is 762 g/mol. The van der Waals surface area contributed by atoms with Gasteiger partial charge in [0, 0.05) is 65.4 Å². The minimum Gasteiger partial charge on any atom is -0.461 e. The van der Waals surface area contributed by atoms with Crippen LogP contribution in [0, 0.1) is 0 Å². The maximum Gasteiger partial charge on any atom is 0.508 e. The molecule has 2 N–H and O–H groups in total. The second kappa shape index (κ2) is 25.8. The fourth-order valence-corrected chi connectivity index (χ4v) is 2.59. The van der Waals surface area contributed by atoms with Crippen molar-refractivity contribution in [3.63, 3.8) is 0 Å². The van der Waals surface area contributed by atoms with Gasteiger partial charge in [-0.15, -0.1) is 0 Å². The van der Waals surface area contributed by atoms with Crippen LogP contribution in [0.25, 0.3) is 0 Å². The molecule has 0 bridgehead atoms. The monoisotopic (exact) mass is 762 g/mol. The van der Waals surface area contributed by atoms with Crippen molar-refractivity contribution in [2.45, 2.75) is 104 Å². The van der Waals surface area contributed by atoms with E-state index in [0.29, 0.717) is 12.8 Å². The van der Waals surface area contributed by atoms with E-state index in [1.807, 2.05) is 0 Å². The van der Waals surface area contributed by atoms with Gasteiger partial charge in [0.1, 0.15) is 26.4 Å². The summed E-state index contributed by atoms with van der Waals surface area (Å²) >= 11 is 0. The molecule has 0 saturated heterocycles. The molecule has 0 rings (SSSR count). The molecule has 0 saturated carbocycles. The topological polar surface area (TPSA) is 183 Å². The van der Waals surface area contributed by atoms with Crippen LogP contribution in [0.2, 0.25) is 0 Å². The summed E-state index contributed by atoms with van der Waals surface area (Å²) in [7, 11) is 2.41. The molecule has 0 aromatic rings. The van der Waals surface area contributed by atoms with Crippen LogP contribution >= 0.6 is 0 Å². The molecule has 242 valence electrons. The summed E-state index contributed by atoms with van der Waals surface area (Å²) in [6.07, 6.45) is -3.01. The number of hydrogen-bond donors (Lipinski definition) is 2. The van der Waals surface area contributed by atoms with Crippen molar-refractivity contribution < 1.29 is 133 Å². The maximum absolute atomic E-state index is 11.8. The Morgan fingerprint density at radius 1 is 0.595 bits per heavy atom. The van der Waals surface area contributed by atoms with Crippen LogP contribution in [0.3, 0.4) is 0 Å². The second-order valence-electron chi connectivity index (χ2n) is 9.73. The van der Waals surface area contributed by atoms with E-state index in [0.717, 1.165) is 0 Å². The summed E-state index contributed by atoms with van der Waals surface area (Å²) in [6.45, 7) is 12.8. The smallest absolute Gasteiger partial charge is 0.461 e. The summed E-state index contributed by atoms with van der Waals surface area (Å²) < 4.78 is 38.9. The first-order valence-electron chi connectivity index (χ1n) is 12.9. The summed E-state index contributed by atoms with van der Waals surface area (Å²) in [6, 6.07) is 0. The third kappa shape index (κ3) is 23.9. The number of rotatable bonds is 16. The van der Waals surface area contributed by atoms with Crippen molar-refractivity contribution in [1.29, 1.82) is 0 Å². The first-order valence-corrected chi connectivity index (χ1v) is 12.9. The van der Waals surface area contributed by atoms with Crippen molar-refractivity contribution in [3.8, 4) is 0 Å². The molecule has 4 unspecified atom stereocenters. The third-order valence-corrected chi connectivity index (χ3v) is 4.94. The molecule has 2 radical (unpaired) electrons. The number of aliphatic hydroxyl groups excluding tert-OH is 2. The van der Waals surface area contributed by atoms with Gasteiger partial charge in [0.25, 0.3) is 0 Å². The Morgan fingerprint density at radius 3 is 1.12 bits per heavy atom. The van der Waals surface area contributed by atoms with E-state index in [9.17, 15) is 29.4 Å². The molecule has 0 aromatic heterocycles. The molecular weight excluding hydrogens is 714 g/mol. The zero-order valence-electron chi connectivity index (χ0n) is 26.5. The first-order chi connectivity index (χ1) is 18.4. The minimum atomic E-state index is -1.20. The Morgan fingerprint density at radius 2 is 0.881 bits per heavy atom. The Hall–Kier alpha value is -0.472. The van der Waals surface area contributed by atoms with Gasteiger partial charge in [-0.3, -0.25) is 0 Å². The number of esters is 2. The normalized spacial score (nSPS) is 13.6. The maximum atomic E-state index is 11.8. The van der Waals surface area contributed by atoms with Gasteiger partial charge in [0.15, 0.2) is 11.2 Å². The van der Waals surface area contributed by atoms with Gasteiger partial charge < -0.3 is 48.1 Å². The van der Waals surface area contributed by atoms with Crippen LogP contribution in [0.5, 0.6) is 0 Å². The standard InChI is InChI=1S/2C13H24O7.2Y/c2*1-6-10(14)8-18-11(15)13(3,4)20-9(2)7-19-12(16)17-5;;/h2*9-10,14H,6-8H2,1-5H3;;. The average Bonchev–Trinajstić information content (AvgIpc) is 2.90. The van der Waals surface area contributed by atoms with Gasteiger partial charge in [0.2, 0.25) is 0 Å². The zero-order chi connectivity index (χ0) is 31.5. The molecule has 0 aliphatic heterocycles. The number of carbonyl (C=O) groups excluding carboxylic acids is 4. The summed E-state index contributed by atoms with van der Waals surface area (Å²) in [5.74, 6) is -1.18. The second-order valence-corrected chi connectivity index (χ2v) is 9.73. The predicted octanol–water partition coefficient (Wildman–Crippen LogP) is 2.53. The minimum absolute atomic E-state index is 0. The van der Waals surface area contributed by atoms with Crippen LogP contribution < -0.4 is 0 Å². The van der Waals surface area contributed by atoms with Crippen LogP contribution in [0.1, 0.15) is 68.2 Å². The Balaban J connectivity index is -0.000000328. The SMILES string of the molecule is CCC(O)COC(=O)C(C)(C)OC(C)COC(=O)OC.CCC(O)COC(=O)C(C)(C)OC(C)COC(=O)OC.[Y].[Y]. The molecule has 0 aromatic carbocycles. The van der Waals surface area contributed by atoms with Gasteiger partial charge in [-0.2, -0.15) is 0 Å². The van der Waals surface area contributed by atoms with Crippen molar-refractivity contribution in [1.82, 2.24) is 0 Å². The molecular formula is C26H48O14Y2. The van der Waals surface area contributed by atoms with E-state index < -0.39 is 59.9 Å². The van der Waals surface area contributed by atoms with Gasteiger partial charge >= 0.3 is 24.2 Å². The Bertz CT molecular complexity index is 701. The molecule has 4 atom stereocenters. The molecule has 14 nitrogen and oxygen atoms in total. The van der Waals surface area contributed by atoms with Crippen LogP contribution in [-0.4, -0.2) is 111 Å². The van der Waals surface area contributed by atoms with Gasteiger partial charge in [0.05, 0.1) is 38.6 Å². The van der Waals surface area contributed by atoms with E-state index >= 15 is 0 Å². The van der Waals surface area contributed by atoms with Gasteiger partial charge in [-0.1, -0.05) is 13.8 Å². The summed E-state index contributed by atoms with van der Waals surface area (Å²) in [5.41, 5.74) is -2.40. The molecule has 42 heavy (non-hydrogen) atoms. The number of ether oxygens (including phenoxy) is 8. The van der Waals surface area contributed by atoms with Crippen molar-refractivity contribution in [3.05, 3.63) is 0 Å². The fraction of sp³-hybridized carbons (Fsp3) is 0.846. The molecule has 0 heterocycles. The summed E-state index contributed by atoms with van der Waals surface area (Å²) in [5, 5.41) is 18.7. The van der Waals surface area contributed by atoms with E-state index in [-0.39, 0.29) is 91.8 Å². The van der Waals surface area contributed by atoms with E-state index in [1.54, 1.807) is 55.4 Å². The Labute approximate surface area is 299 Å². The zero-order valence-corrected chi connectivity index (χ0v) is 32.2. The number of carbonyl (C=O) groups is 4. The molecule has 0 aliphatic rings. The van der Waals surface area contributed by atoms with E-state index in [4.69, 9.17) is 28.4 Å². The summed E-state index contributed by atoms with van der Waals surface area (Å²) in [4.78, 5) is 45.3. The number of hydrogen-bond acceptors (Lipinski definition) is 14.